The minimum atomic E-state index is 1.13. The Bertz CT molecular complexity index is 436. The highest BCUT2D eigenvalue weighted by Gasteiger charge is 2.03. The maximum Gasteiger partial charge on any atom is 0.0349 e. The first-order valence-electron chi connectivity index (χ1n) is 5.60. The first-order chi connectivity index (χ1) is 7.79. The highest BCUT2D eigenvalue weighted by Crippen LogP contribution is 2.22. The molecule has 0 aliphatic heterocycles. The van der Waals surface area contributed by atoms with Crippen molar-refractivity contribution in [2.24, 2.45) is 0 Å². The van der Waals surface area contributed by atoms with Crippen molar-refractivity contribution < 1.29 is 0 Å². The van der Waals surface area contributed by atoms with Crippen LogP contribution in [0.3, 0.4) is 0 Å². The monoisotopic (exact) mass is 214 g/mol. The molecule has 2 nitrogen and oxygen atoms in total. The first kappa shape index (κ1) is 12.4. The summed E-state index contributed by atoms with van der Waals surface area (Å²) < 4.78 is 0. The molecule has 0 saturated heterocycles. The number of rotatable bonds is 1. The van der Waals surface area contributed by atoms with Gasteiger partial charge in [-0.15, -0.1) is 0 Å². The normalized spacial score (nSPS) is 9.25. The summed E-state index contributed by atoms with van der Waals surface area (Å²) in [7, 11) is 0. The van der Waals surface area contributed by atoms with Gasteiger partial charge in [-0.25, -0.2) is 0 Å². The summed E-state index contributed by atoms with van der Waals surface area (Å²) in [5.74, 6) is 0. The molecule has 2 rings (SSSR count). The number of aromatic nitrogens is 2. The predicted octanol–water partition coefficient (Wildman–Crippen LogP) is 3.79. The Morgan fingerprint density at radius 2 is 1.69 bits per heavy atom. The van der Waals surface area contributed by atoms with Crippen LogP contribution in [0.5, 0.6) is 0 Å². The van der Waals surface area contributed by atoms with Crippen molar-refractivity contribution >= 4 is 0 Å². The van der Waals surface area contributed by atoms with Crippen molar-refractivity contribution in [2.75, 3.05) is 0 Å². The number of pyridine rings is 2. The van der Waals surface area contributed by atoms with Crippen molar-refractivity contribution in [3.63, 3.8) is 0 Å². The van der Waals surface area contributed by atoms with Crippen molar-refractivity contribution in [2.45, 2.75) is 27.7 Å². The molecule has 0 unspecified atom stereocenters. The topological polar surface area (TPSA) is 25.8 Å². The second-order valence-corrected chi connectivity index (χ2v) is 3.37. The zero-order chi connectivity index (χ0) is 12.0. The molecule has 0 bridgehead atoms. The predicted molar refractivity (Wildman–Crippen MR) is 68.3 cm³/mol. The van der Waals surface area contributed by atoms with Crippen LogP contribution in [0.25, 0.3) is 11.1 Å². The van der Waals surface area contributed by atoms with E-state index in [0.717, 1.165) is 11.1 Å². The van der Waals surface area contributed by atoms with Crippen molar-refractivity contribution in [3.05, 3.63) is 48.0 Å². The Morgan fingerprint density at radius 3 is 2.31 bits per heavy atom. The van der Waals surface area contributed by atoms with Crippen LogP contribution in [0.2, 0.25) is 0 Å². The lowest BCUT2D eigenvalue weighted by Gasteiger charge is -2.06. The second kappa shape index (κ2) is 6.01. The molecule has 0 radical (unpaired) electrons. The van der Waals surface area contributed by atoms with E-state index in [0.29, 0.717) is 0 Å². The summed E-state index contributed by atoms with van der Waals surface area (Å²) in [5.41, 5.74) is 4.78. The molecule has 0 amide bonds. The number of hydrogen-bond donors (Lipinski definition) is 0. The van der Waals surface area contributed by atoms with Gasteiger partial charge in [0.2, 0.25) is 0 Å². The number of aryl methyl sites for hydroxylation is 1. The molecule has 84 valence electrons. The van der Waals surface area contributed by atoms with E-state index in [4.69, 9.17) is 0 Å². The van der Waals surface area contributed by atoms with Gasteiger partial charge in [-0.3, -0.25) is 9.97 Å². The van der Waals surface area contributed by atoms with Gasteiger partial charge in [0.15, 0.2) is 0 Å². The van der Waals surface area contributed by atoms with Gasteiger partial charge in [0.05, 0.1) is 0 Å². The maximum absolute atomic E-state index is 4.19. The molecule has 0 N–H and O–H groups in total. The van der Waals surface area contributed by atoms with Crippen LogP contribution in [-0.4, -0.2) is 9.97 Å². The standard InChI is InChI=1S/C12H12N2.C2H6/c1-9-6-14-8-12(10(9)2)11-4-3-5-13-7-11;1-2/h3-8H,1-2H3;1-2H3. The zero-order valence-electron chi connectivity index (χ0n) is 10.4. The molecule has 2 aromatic heterocycles. The van der Waals surface area contributed by atoms with Crippen molar-refractivity contribution in [3.8, 4) is 11.1 Å². The molecule has 0 aliphatic carbocycles. The Hall–Kier alpha value is -1.70. The molecule has 0 aliphatic rings. The van der Waals surface area contributed by atoms with Crippen LogP contribution in [0, 0.1) is 13.8 Å². The van der Waals surface area contributed by atoms with Crippen molar-refractivity contribution in [1.29, 1.82) is 0 Å². The quantitative estimate of drug-likeness (QED) is 0.721. The van der Waals surface area contributed by atoms with Crippen LogP contribution in [0.15, 0.2) is 36.9 Å². The van der Waals surface area contributed by atoms with Gasteiger partial charge in [0.25, 0.3) is 0 Å². The highest BCUT2D eigenvalue weighted by molar-refractivity contribution is 5.66. The molecular weight excluding hydrogens is 196 g/mol. The molecule has 2 aromatic rings. The third-order valence-corrected chi connectivity index (χ3v) is 2.44. The number of nitrogens with zero attached hydrogens (tertiary/aromatic N) is 2. The van der Waals surface area contributed by atoms with E-state index in [1.54, 1.807) is 6.20 Å². The average molecular weight is 214 g/mol. The van der Waals surface area contributed by atoms with Gasteiger partial charge >= 0.3 is 0 Å². The minimum absolute atomic E-state index is 1.13. The molecule has 2 heteroatoms. The van der Waals surface area contributed by atoms with Gasteiger partial charge in [-0.2, -0.15) is 0 Å². The highest BCUT2D eigenvalue weighted by atomic mass is 14.6. The second-order valence-electron chi connectivity index (χ2n) is 3.37. The largest absolute Gasteiger partial charge is 0.264 e. The minimum Gasteiger partial charge on any atom is -0.264 e. The van der Waals surface area contributed by atoms with Gasteiger partial charge in [-0.1, -0.05) is 19.9 Å². The van der Waals surface area contributed by atoms with E-state index >= 15 is 0 Å². The van der Waals surface area contributed by atoms with Gasteiger partial charge < -0.3 is 0 Å². The van der Waals surface area contributed by atoms with Crippen LogP contribution < -0.4 is 0 Å². The van der Waals surface area contributed by atoms with Gasteiger partial charge in [-0.05, 0) is 31.0 Å². The third kappa shape index (κ3) is 2.66. The summed E-state index contributed by atoms with van der Waals surface area (Å²) in [6.07, 6.45) is 7.42. The molecule has 0 atom stereocenters. The number of hydrogen-bond acceptors (Lipinski definition) is 2. The fourth-order valence-corrected chi connectivity index (χ4v) is 1.44. The molecular formula is C14H18N2. The van der Waals surface area contributed by atoms with Crippen LogP contribution in [0.1, 0.15) is 25.0 Å². The Kier molecular flexibility index (Phi) is 4.65. The van der Waals surface area contributed by atoms with Crippen LogP contribution in [0.4, 0.5) is 0 Å². The SMILES string of the molecule is CC.Cc1cncc(-c2cccnc2)c1C. The van der Waals surface area contributed by atoms with Gasteiger partial charge in [0, 0.05) is 35.9 Å². The van der Waals surface area contributed by atoms with E-state index in [-0.39, 0.29) is 0 Å². The maximum atomic E-state index is 4.19. The van der Waals surface area contributed by atoms with Crippen molar-refractivity contribution in [1.82, 2.24) is 9.97 Å². The lowest BCUT2D eigenvalue weighted by molar-refractivity contribution is 1.21. The lowest BCUT2D eigenvalue weighted by Crippen LogP contribution is -1.89. The summed E-state index contributed by atoms with van der Waals surface area (Å²) in [6, 6.07) is 3.99. The van der Waals surface area contributed by atoms with E-state index in [2.05, 4.69) is 29.9 Å². The Balaban J connectivity index is 0.000000606. The molecule has 0 aromatic carbocycles. The fourth-order valence-electron chi connectivity index (χ4n) is 1.44. The fraction of sp³-hybridized carbons (Fsp3) is 0.286. The molecule has 0 fully saturated rings. The smallest absolute Gasteiger partial charge is 0.0349 e. The first-order valence-corrected chi connectivity index (χ1v) is 5.60. The third-order valence-electron chi connectivity index (χ3n) is 2.44. The van der Waals surface area contributed by atoms with Gasteiger partial charge in [0.1, 0.15) is 0 Å². The zero-order valence-corrected chi connectivity index (χ0v) is 10.4. The van der Waals surface area contributed by atoms with Crippen LogP contribution in [-0.2, 0) is 0 Å². The summed E-state index contributed by atoms with van der Waals surface area (Å²) >= 11 is 0. The summed E-state index contributed by atoms with van der Waals surface area (Å²) in [6.45, 7) is 8.18. The van der Waals surface area contributed by atoms with E-state index < -0.39 is 0 Å². The van der Waals surface area contributed by atoms with E-state index in [1.807, 2.05) is 38.5 Å². The Morgan fingerprint density at radius 1 is 0.938 bits per heavy atom. The summed E-state index contributed by atoms with van der Waals surface area (Å²) in [5, 5.41) is 0. The van der Waals surface area contributed by atoms with E-state index in [1.165, 1.54) is 11.1 Å². The van der Waals surface area contributed by atoms with E-state index in [9.17, 15) is 0 Å². The molecule has 0 saturated carbocycles. The molecule has 2 heterocycles. The Labute approximate surface area is 97.4 Å². The lowest BCUT2D eigenvalue weighted by atomic mass is 10.0. The molecule has 16 heavy (non-hydrogen) atoms. The van der Waals surface area contributed by atoms with Crippen LogP contribution >= 0.6 is 0 Å². The molecule has 0 spiro atoms. The average Bonchev–Trinajstić information content (AvgIpc) is 2.36. The summed E-state index contributed by atoms with van der Waals surface area (Å²) in [4.78, 5) is 8.30.